The van der Waals surface area contributed by atoms with Crippen LogP contribution in [0.5, 0.6) is 5.75 Å². The molecule has 26 heavy (non-hydrogen) atoms. The standard InChI is InChI=1S/C20H19ClN2O3/c1-13-17(10-11-22-26-3)18-12-16(25-2)8-9-19(18)23(13)20(24)14-4-6-15(21)7-5-14/h4-9,11-12H,10H2,1-3H3. The second-order valence-electron chi connectivity index (χ2n) is 5.77. The number of ether oxygens (including phenoxy) is 1. The maximum atomic E-state index is 13.1. The number of halogens is 1. The van der Waals surface area contributed by atoms with Gasteiger partial charge in [-0.1, -0.05) is 16.8 Å². The first-order chi connectivity index (χ1) is 12.6. The summed E-state index contributed by atoms with van der Waals surface area (Å²) in [5, 5.41) is 5.36. The third-order valence-electron chi connectivity index (χ3n) is 4.31. The van der Waals surface area contributed by atoms with Crippen molar-refractivity contribution in [1.82, 2.24) is 4.57 Å². The second kappa shape index (κ2) is 7.62. The molecule has 5 nitrogen and oxygen atoms in total. The highest BCUT2D eigenvalue weighted by atomic mass is 35.5. The molecule has 3 aromatic rings. The quantitative estimate of drug-likeness (QED) is 0.491. The molecule has 0 N–H and O–H groups in total. The van der Waals surface area contributed by atoms with Crippen molar-refractivity contribution in [3.8, 4) is 5.75 Å². The van der Waals surface area contributed by atoms with Crippen molar-refractivity contribution in [1.29, 1.82) is 0 Å². The maximum absolute atomic E-state index is 13.1. The Labute approximate surface area is 156 Å². The van der Waals surface area contributed by atoms with Crippen LogP contribution in [0.1, 0.15) is 21.6 Å². The van der Waals surface area contributed by atoms with Crippen LogP contribution in [-0.2, 0) is 11.3 Å². The summed E-state index contributed by atoms with van der Waals surface area (Å²) >= 11 is 5.94. The normalized spacial score (nSPS) is 11.2. The van der Waals surface area contributed by atoms with Crippen molar-refractivity contribution >= 4 is 34.6 Å². The first-order valence-electron chi connectivity index (χ1n) is 8.10. The number of methoxy groups -OCH3 is 1. The van der Waals surface area contributed by atoms with Gasteiger partial charge in [0, 0.05) is 34.3 Å². The van der Waals surface area contributed by atoms with E-state index in [9.17, 15) is 4.79 Å². The van der Waals surface area contributed by atoms with E-state index >= 15 is 0 Å². The first-order valence-corrected chi connectivity index (χ1v) is 8.47. The SMILES string of the molecule is CON=CCc1c(C)n(C(=O)c2ccc(Cl)cc2)c2ccc(OC)cc12. The molecule has 6 heteroatoms. The average molecular weight is 371 g/mol. The van der Waals surface area contributed by atoms with Crippen molar-refractivity contribution in [3.05, 3.63) is 64.3 Å². The van der Waals surface area contributed by atoms with Crippen LogP contribution in [0.25, 0.3) is 10.9 Å². The summed E-state index contributed by atoms with van der Waals surface area (Å²) in [7, 11) is 3.12. The number of carbonyl (C=O) groups excluding carboxylic acids is 1. The van der Waals surface area contributed by atoms with Crippen molar-refractivity contribution in [2.24, 2.45) is 5.16 Å². The minimum absolute atomic E-state index is 0.107. The van der Waals surface area contributed by atoms with Gasteiger partial charge in [-0.3, -0.25) is 9.36 Å². The van der Waals surface area contributed by atoms with Crippen molar-refractivity contribution in [2.45, 2.75) is 13.3 Å². The van der Waals surface area contributed by atoms with Crippen molar-refractivity contribution in [2.75, 3.05) is 14.2 Å². The van der Waals surface area contributed by atoms with Gasteiger partial charge >= 0.3 is 0 Å². The smallest absolute Gasteiger partial charge is 0.262 e. The highest BCUT2D eigenvalue weighted by Gasteiger charge is 2.20. The van der Waals surface area contributed by atoms with Gasteiger partial charge in [-0.05, 0) is 55.0 Å². The molecule has 0 fully saturated rings. The van der Waals surface area contributed by atoms with E-state index < -0.39 is 0 Å². The Kier molecular flexibility index (Phi) is 5.28. The number of nitrogens with zero attached hydrogens (tertiary/aromatic N) is 2. The van der Waals surface area contributed by atoms with Gasteiger partial charge in [0.05, 0.1) is 12.6 Å². The van der Waals surface area contributed by atoms with Crippen LogP contribution in [0, 0.1) is 6.92 Å². The molecule has 1 heterocycles. The number of hydrogen-bond acceptors (Lipinski definition) is 4. The van der Waals surface area contributed by atoms with Gasteiger partial charge in [0.15, 0.2) is 0 Å². The number of fused-ring (bicyclic) bond motifs is 1. The van der Waals surface area contributed by atoms with E-state index in [0.717, 1.165) is 27.9 Å². The number of hydrogen-bond donors (Lipinski definition) is 0. The van der Waals surface area contributed by atoms with E-state index in [-0.39, 0.29) is 5.91 Å². The van der Waals surface area contributed by atoms with Gasteiger partial charge in [0.25, 0.3) is 5.91 Å². The lowest BCUT2D eigenvalue weighted by atomic mass is 10.1. The summed E-state index contributed by atoms with van der Waals surface area (Å²) in [6.45, 7) is 1.93. The summed E-state index contributed by atoms with van der Waals surface area (Å²) in [5.74, 6) is 0.628. The molecule has 0 atom stereocenters. The lowest BCUT2D eigenvalue weighted by molar-refractivity contribution is 0.0963. The molecule has 0 unspecified atom stereocenters. The van der Waals surface area contributed by atoms with Crippen LogP contribution in [0.3, 0.4) is 0 Å². The zero-order valence-corrected chi connectivity index (χ0v) is 15.6. The molecule has 0 saturated heterocycles. The Balaban J connectivity index is 2.18. The molecule has 0 bridgehead atoms. The van der Waals surface area contributed by atoms with Gasteiger partial charge < -0.3 is 9.57 Å². The summed E-state index contributed by atoms with van der Waals surface area (Å²) in [6.07, 6.45) is 2.22. The minimum atomic E-state index is -0.107. The van der Waals surface area contributed by atoms with Crippen LogP contribution in [-0.4, -0.2) is 30.9 Å². The summed E-state index contributed by atoms with van der Waals surface area (Å²) in [4.78, 5) is 17.9. The van der Waals surface area contributed by atoms with E-state index in [2.05, 4.69) is 5.16 Å². The Morgan fingerprint density at radius 1 is 1.19 bits per heavy atom. The molecule has 134 valence electrons. The van der Waals surface area contributed by atoms with Gasteiger partial charge in [-0.25, -0.2) is 0 Å². The van der Waals surface area contributed by atoms with Crippen molar-refractivity contribution < 1.29 is 14.4 Å². The Bertz CT molecular complexity index is 975. The Hall–Kier alpha value is -2.79. The Morgan fingerprint density at radius 3 is 2.58 bits per heavy atom. The highest BCUT2D eigenvalue weighted by molar-refractivity contribution is 6.30. The van der Waals surface area contributed by atoms with Crippen LogP contribution in [0.15, 0.2) is 47.6 Å². The third-order valence-corrected chi connectivity index (χ3v) is 4.56. The average Bonchev–Trinajstić information content (AvgIpc) is 2.93. The molecular formula is C20H19ClN2O3. The molecule has 3 rings (SSSR count). The van der Waals surface area contributed by atoms with Gasteiger partial charge in [-0.15, -0.1) is 0 Å². The molecule has 0 radical (unpaired) electrons. The van der Waals surface area contributed by atoms with Gasteiger partial charge in [-0.2, -0.15) is 0 Å². The monoisotopic (exact) mass is 370 g/mol. The van der Waals surface area contributed by atoms with Crippen molar-refractivity contribution in [3.63, 3.8) is 0 Å². The van der Waals surface area contributed by atoms with Crippen LogP contribution < -0.4 is 4.74 Å². The number of oxime groups is 1. The lowest BCUT2D eigenvalue weighted by Gasteiger charge is -2.08. The van der Waals surface area contributed by atoms with E-state index in [4.69, 9.17) is 21.2 Å². The predicted octanol–water partition coefficient (Wildman–Crippen LogP) is 4.47. The zero-order valence-electron chi connectivity index (χ0n) is 14.8. The lowest BCUT2D eigenvalue weighted by Crippen LogP contribution is -2.13. The van der Waals surface area contributed by atoms with Gasteiger partial charge in [0.2, 0.25) is 0 Å². The van der Waals surface area contributed by atoms with E-state index in [1.165, 1.54) is 7.11 Å². The Morgan fingerprint density at radius 2 is 1.92 bits per heavy atom. The highest BCUT2D eigenvalue weighted by Crippen LogP contribution is 2.30. The fraction of sp³-hybridized carbons (Fsp3) is 0.200. The second-order valence-corrected chi connectivity index (χ2v) is 6.21. The van der Waals surface area contributed by atoms with Gasteiger partial charge in [0.1, 0.15) is 12.9 Å². The predicted molar refractivity (Wildman–Crippen MR) is 104 cm³/mol. The zero-order chi connectivity index (χ0) is 18.7. The number of carbonyl (C=O) groups is 1. The molecular weight excluding hydrogens is 352 g/mol. The molecule has 2 aromatic carbocycles. The molecule has 0 aliphatic carbocycles. The third kappa shape index (κ3) is 3.30. The molecule has 0 amide bonds. The molecule has 0 aliphatic rings. The number of aromatic nitrogens is 1. The maximum Gasteiger partial charge on any atom is 0.262 e. The summed E-state index contributed by atoms with van der Waals surface area (Å²) < 4.78 is 7.06. The summed E-state index contributed by atoms with van der Waals surface area (Å²) in [6, 6.07) is 12.6. The fourth-order valence-electron chi connectivity index (χ4n) is 3.03. The molecule has 1 aromatic heterocycles. The molecule has 0 aliphatic heterocycles. The van der Waals surface area contributed by atoms with Crippen LogP contribution >= 0.6 is 11.6 Å². The minimum Gasteiger partial charge on any atom is -0.497 e. The number of rotatable bonds is 5. The molecule has 0 saturated carbocycles. The topological polar surface area (TPSA) is 52.8 Å². The van der Waals surface area contributed by atoms with E-state index in [1.54, 1.807) is 42.2 Å². The summed E-state index contributed by atoms with van der Waals surface area (Å²) in [5.41, 5.74) is 3.25. The number of benzene rings is 2. The fourth-order valence-corrected chi connectivity index (χ4v) is 3.16. The largest absolute Gasteiger partial charge is 0.497 e. The van der Waals surface area contributed by atoms with Crippen LogP contribution in [0.2, 0.25) is 5.02 Å². The van der Waals surface area contributed by atoms with E-state index in [0.29, 0.717) is 17.0 Å². The van der Waals surface area contributed by atoms with E-state index in [1.807, 2.05) is 25.1 Å². The first kappa shape index (κ1) is 18.0. The van der Waals surface area contributed by atoms with Crippen LogP contribution in [0.4, 0.5) is 0 Å². The molecule has 0 spiro atoms.